The number of aliphatic hydroxyl groups is 1. The molecule has 0 bridgehead atoms. The van der Waals surface area contributed by atoms with Crippen molar-refractivity contribution in [2.24, 2.45) is 35.3 Å². The monoisotopic (exact) mass is 568 g/mol. The predicted octanol–water partition coefficient (Wildman–Crippen LogP) is 0.920. The molecule has 220 valence electrons. The second-order valence-corrected chi connectivity index (χ2v) is 12.2. The molecule has 0 radical (unpaired) electrons. The van der Waals surface area contributed by atoms with E-state index in [1.807, 2.05) is 0 Å². The van der Waals surface area contributed by atoms with Gasteiger partial charge >= 0.3 is 5.97 Å². The molecule has 5 rings (SSSR count). The SMILES string of the molecule is C[C@H]1c2cccc(O)c2C(=O)C2C(=O)[C@]3(O)C(=O)C(C(N)=O)C(=O)[C@@H](N(C)C)[C@@H]3[C@@H](OC(=O)C3CCCCCC3)[C@@H]21. The van der Waals surface area contributed by atoms with Gasteiger partial charge in [0.05, 0.1) is 29.4 Å². The van der Waals surface area contributed by atoms with E-state index in [-0.39, 0.29) is 11.3 Å². The number of likely N-dealkylation sites (N-methyl/N-ethyl adjacent to an activating group) is 1. The molecule has 4 aliphatic rings. The van der Waals surface area contributed by atoms with E-state index in [9.17, 15) is 39.0 Å². The molecule has 0 aliphatic heterocycles. The van der Waals surface area contributed by atoms with Gasteiger partial charge in [-0.3, -0.25) is 33.7 Å². The van der Waals surface area contributed by atoms with E-state index < -0.39 is 88.3 Å². The lowest BCUT2D eigenvalue weighted by atomic mass is 9.49. The maximum atomic E-state index is 14.2. The molecule has 0 saturated heterocycles. The Kier molecular flexibility index (Phi) is 7.40. The Balaban J connectivity index is 1.72. The first-order valence-corrected chi connectivity index (χ1v) is 14.2. The van der Waals surface area contributed by atoms with Crippen molar-refractivity contribution in [1.82, 2.24) is 4.90 Å². The van der Waals surface area contributed by atoms with Crippen molar-refractivity contribution in [1.29, 1.82) is 0 Å². The van der Waals surface area contributed by atoms with Crippen molar-refractivity contribution in [3.63, 3.8) is 0 Å². The van der Waals surface area contributed by atoms with Gasteiger partial charge in [-0.25, -0.2) is 0 Å². The van der Waals surface area contributed by atoms with E-state index in [0.29, 0.717) is 18.4 Å². The standard InChI is InChI=1S/C30H36N2O9/c1-13-15-11-8-12-16(33)18(15)23(34)19-17(13)25(41-29(39)14-9-6-4-5-7-10-14)21-22(32(2)3)24(35)20(28(31)38)27(37)30(21,40)26(19)36/h8,11-14,17,19-22,25,33,40H,4-7,9-10H2,1-3H3,(H2,31,38)/t13-,17+,19?,20?,21+,22-,25-,30-/m0/s1. The van der Waals surface area contributed by atoms with Gasteiger partial charge in [0, 0.05) is 5.92 Å². The lowest BCUT2D eigenvalue weighted by molar-refractivity contribution is -0.207. The van der Waals surface area contributed by atoms with Crippen LogP contribution in [0.25, 0.3) is 0 Å². The highest BCUT2D eigenvalue weighted by molar-refractivity contribution is 6.32. The molecule has 11 heteroatoms. The number of benzene rings is 1. The van der Waals surface area contributed by atoms with Gasteiger partial charge in [0.25, 0.3) is 0 Å². The van der Waals surface area contributed by atoms with Crippen LogP contribution in [0.4, 0.5) is 0 Å². The van der Waals surface area contributed by atoms with E-state index in [2.05, 4.69) is 0 Å². The summed E-state index contributed by atoms with van der Waals surface area (Å²) in [6, 6.07) is 3.08. The molecule has 4 aliphatic carbocycles. The number of ether oxygens (including phenoxy) is 1. The molecule has 41 heavy (non-hydrogen) atoms. The number of hydrogen-bond donors (Lipinski definition) is 3. The molecule has 4 N–H and O–H groups in total. The van der Waals surface area contributed by atoms with Crippen molar-refractivity contribution in [3.8, 4) is 5.75 Å². The van der Waals surface area contributed by atoms with Gasteiger partial charge in [-0.2, -0.15) is 0 Å². The zero-order valence-electron chi connectivity index (χ0n) is 23.4. The summed E-state index contributed by atoms with van der Waals surface area (Å²) < 4.78 is 6.16. The number of hydrogen-bond acceptors (Lipinski definition) is 10. The maximum Gasteiger partial charge on any atom is 0.309 e. The first-order valence-electron chi connectivity index (χ1n) is 14.2. The van der Waals surface area contributed by atoms with Crippen LogP contribution in [-0.4, -0.2) is 82.0 Å². The number of esters is 1. The molecule has 1 aromatic carbocycles. The van der Waals surface area contributed by atoms with Gasteiger partial charge in [0.15, 0.2) is 34.7 Å². The molecule has 0 heterocycles. The van der Waals surface area contributed by atoms with E-state index >= 15 is 0 Å². The molecular weight excluding hydrogens is 532 g/mol. The highest BCUT2D eigenvalue weighted by Crippen LogP contribution is 2.55. The van der Waals surface area contributed by atoms with E-state index in [1.165, 1.54) is 25.1 Å². The van der Waals surface area contributed by atoms with Gasteiger partial charge in [0.2, 0.25) is 5.91 Å². The first-order chi connectivity index (χ1) is 19.3. The fraction of sp³-hybridized carbons (Fsp3) is 0.600. The van der Waals surface area contributed by atoms with Crippen LogP contribution in [0.3, 0.4) is 0 Å². The molecular formula is C30H36N2O9. The van der Waals surface area contributed by atoms with Gasteiger partial charge in [-0.05, 0) is 44.5 Å². The summed E-state index contributed by atoms with van der Waals surface area (Å²) >= 11 is 0. The molecule has 3 saturated carbocycles. The van der Waals surface area contributed by atoms with E-state index in [0.717, 1.165) is 25.7 Å². The highest BCUT2D eigenvalue weighted by atomic mass is 16.5. The average Bonchev–Trinajstić information content (AvgIpc) is 3.20. The normalized spacial score (nSPS) is 35.8. The van der Waals surface area contributed by atoms with Crippen LogP contribution in [0.15, 0.2) is 18.2 Å². The number of carbonyl (C=O) groups excluding carboxylic acids is 6. The zero-order valence-corrected chi connectivity index (χ0v) is 23.4. The second kappa shape index (κ2) is 10.4. The predicted molar refractivity (Wildman–Crippen MR) is 143 cm³/mol. The molecule has 0 aromatic heterocycles. The third-order valence-corrected chi connectivity index (χ3v) is 9.77. The van der Waals surface area contributed by atoms with Gasteiger partial charge < -0.3 is 20.7 Å². The summed E-state index contributed by atoms with van der Waals surface area (Å²) in [7, 11) is 2.97. The number of phenolic OH excluding ortho intramolecular Hbond substituents is 1. The number of carbonyl (C=O) groups is 6. The van der Waals surface area contributed by atoms with Crippen molar-refractivity contribution in [2.75, 3.05) is 14.1 Å². The number of nitrogens with two attached hydrogens (primary N) is 1. The molecule has 1 aromatic rings. The Morgan fingerprint density at radius 2 is 1.66 bits per heavy atom. The fourth-order valence-electron chi connectivity index (χ4n) is 7.81. The Labute approximate surface area is 237 Å². The minimum atomic E-state index is -3.02. The molecule has 1 amide bonds. The molecule has 11 nitrogen and oxygen atoms in total. The van der Waals surface area contributed by atoms with Crippen LogP contribution in [0.5, 0.6) is 5.75 Å². The summed E-state index contributed by atoms with van der Waals surface area (Å²) in [6.07, 6.45) is 3.33. The minimum Gasteiger partial charge on any atom is -0.507 e. The summed E-state index contributed by atoms with van der Waals surface area (Å²) in [6.45, 7) is 1.72. The number of nitrogens with zero attached hydrogens (tertiary/aromatic N) is 1. The third-order valence-electron chi connectivity index (χ3n) is 9.77. The van der Waals surface area contributed by atoms with Crippen LogP contribution >= 0.6 is 0 Å². The lowest BCUT2D eigenvalue weighted by Gasteiger charge is -2.56. The number of primary amides is 1. The van der Waals surface area contributed by atoms with Crippen molar-refractivity contribution >= 4 is 35.0 Å². The Morgan fingerprint density at radius 3 is 2.24 bits per heavy atom. The van der Waals surface area contributed by atoms with Crippen molar-refractivity contribution in [2.45, 2.75) is 69.1 Å². The number of ketones is 4. The van der Waals surface area contributed by atoms with Crippen LogP contribution in [0.1, 0.15) is 67.3 Å². The lowest BCUT2D eigenvalue weighted by Crippen LogP contribution is -2.78. The highest BCUT2D eigenvalue weighted by Gasteiger charge is 2.74. The summed E-state index contributed by atoms with van der Waals surface area (Å²) in [5.74, 6) is -14.1. The zero-order chi connectivity index (χ0) is 30.0. The van der Waals surface area contributed by atoms with Gasteiger partial charge in [0.1, 0.15) is 11.9 Å². The molecule has 3 fully saturated rings. The summed E-state index contributed by atoms with van der Waals surface area (Å²) in [5.41, 5.74) is 2.72. The fourth-order valence-corrected chi connectivity index (χ4v) is 7.81. The number of rotatable bonds is 4. The van der Waals surface area contributed by atoms with Gasteiger partial charge in [-0.15, -0.1) is 0 Å². The average molecular weight is 569 g/mol. The molecule has 8 atom stereocenters. The molecule has 2 unspecified atom stereocenters. The number of aromatic hydroxyl groups is 1. The number of fused-ring (bicyclic) bond motifs is 3. The van der Waals surface area contributed by atoms with Crippen molar-refractivity contribution < 1.29 is 43.7 Å². The summed E-state index contributed by atoms with van der Waals surface area (Å²) in [4.78, 5) is 82.9. The quantitative estimate of drug-likeness (QED) is 0.268. The first kappa shape index (κ1) is 29.1. The molecule has 0 spiro atoms. The van der Waals surface area contributed by atoms with E-state index in [4.69, 9.17) is 10.5 Å². The smallest absolute Gasteiger partial charge is 0.309 e. The van der Waals surface area contributed by atoms with Crippen LogP contribution in [-0.2, 0) is 28.7 Å². The Morgan fingerprint density at radius 1 is 1.02 bits per heavy atom. The topological polar surface area (TPSA) is 181 Å². The van der Waals surface area contributed by atoms with E-state index in [1.54, 1.807) is 19.1 Å². The summed E-state index contributed by atoms with van der Waals surface area (Å²) in [5, 5.41) is 22.7. The Bertz CT molecular complexity index is 1330. The van der Waals surface area contributed by atoms with Crippen LogP contribution in [0, 0.1) is 29.6 Å². The van der Waals surface area contributed by atoms with Crippen molar-refractivity contribution in [3.05, 3.63) is 29.3 Å². The van der Waals surface area contributed by atoms with Gasteiger partial charge in [-0.1, -0.05) is 44.7 Å². The maximum absolute atomic E-state index is 14.2. The third kappa shape index (κ3) is 4.23. The van der Waals surface area contributed by atoms with Crippen LogP contribution < -0.4 is 5.73 Å². The number of Topliss-reactive ketones (excluding diaryl/α,β-unsaturated/α-hetero) is 4. The number of amides is 1. The minimum absolute atomic E-state index is 0.111. The second-order valence-electron chi connectivity index (χ2n) is 12.2. The Hall–Kier alpha value is -3.44. The number of phenols is 1. The van der Waals surface area contributed by atoms with Crippen LogP contribution in [0.2, 0.25) is 0 Å². The largest absolute Gasteiger partial charge is 0.507 e.